The minimum absolute atomic E-state index is 0.0170. The molecule has 31 heavy (non-hydrogen) atoms. The highest BCUT2D eigenvalue weighted by Gasteiger charge is 2.29. The number of rotatable bonds is 8. The predicted octanol–water partition coefficient (Wildman–Crippen LogP) is 3.32. The van der Waals surface area contributed by atoms with Gasteiger partial charge in [-0.2, -0.15) is 0 Å². The van der Waals surface area contributed by atoms with Gasteiger partial charge >= 0.3 is 6.03 Å². The van der Waals surface area contributed by atoms with Crippen molar-refractivity contribution >= 4 is 34.6 Å². The molecule has 1 aliphatic heterocycles. The molecule has 0 aliphatic carbocycles. The first kappa shape index (κ1) is 22.6. The molecule has 2 aromatic rings. The average molecular weight is 443 g/mol. The van der Waals surface area contributed by atoms with E-state index < -0.39 is 0 Å². The molecule has 2 aromatic carbocycles. The number of carbonyl (C=O) groups is 3. The third-order valence-corrected chi connectivity index (χ3v) is 5.81. The van der Waals surface area contributed by atoms with E-state index in [-0.39, 0.29) is 35.5 Å². The number of methoxy groups -OCH3 is 1. The van der Waals surface area contributed by atoms with E-state index in [1.807, 2.05) is 43.3 Å². The molecule has 1 heterocycles. The van der Waals surface area contributed by atoms with E-state index in [0.29, 0.717) is 12.2 Å². The van der Waals surface area contributed by atoms with Crippen molar-refractivity contribution in [2.24, 2.45) is 0 Å². The van der Waals surface area contributed by atoms with Crippen LogP contribution in [-0.4, -0.2) is 60.5 Å². The number of nitrogens with one attached hydrogen (secondary N) is 2. The van der Waals surface area contributed by atoms with E-state index >= 15 is 0 Å². The summed E-state index contributed by atoms with van der Waals surface area (Å²) in [5, 5.41) is 5.48. The number of nitrogens with zero attached hydrogens (tertiary/aromatic N) is 2. The monoisotopic (exact) mass is 442 g/mol. The van der Waals surface area contributed by atoms with Gasteiger partial charge in [0.2, 0.25) is 5.91 Å². The molecule has 1 atom stereocenters. The Morgan fingerprint density at radius 3 is 2.55 bits per heavy atom. The van der Waals surface area contributed by atoms with Gasteiger partial charge < -0.3 is 20.3 Å². The zero-order valence-electron chi connectivity index (χ0n) is 17.8. The lowest BCUT2D eigenvalue weighted by molar-refractivity contribution is -0.125. The largest absolute Gasteiger partial charge is 0.497 e. The van der Waals surface area contributed by atoms with Crippen LogP contribution in [0.3, 0.4) is 0 Å². The van der Waals surface area contributed by atoms with Crippen molar-refractivity contribution in [3.8, 4) is 5.75 Å². The van der Waals surface area contributed by atoms with Gasteiger partial charge in [-0.15, -0.1) is 0 Å². The molecule has 1 fully saturated rings. The highest BCUT2D eigenvalue weighted by Crippen LogP contribution is 2.23. The lowest BCUT2D eigenvalue weighted by Gasteiger charge is -2.25. The minimum atomic E-state index is -0.316. The number of anilines is 1. The van der Waals surface area contributed by atoms with Crippen molar-refractivity contribution in [2.75, 3.05) is 38.8 Å². The first-order chi connectivity index (χ1) is 14.9. The van der Waals surface area contributed by atoms with Crippen LogP contribution in [0.25, 0.3) is 0 Å². The zero-order valence-corrected chi connectivity index (χ0v) is 18.6. The molecule has 8 nitrogen and oxygen atoms in total. The SMILES string of the molecule is COc1cccc(C(CNC(=O)Nc2ccc(CN3C(=O)CSC3=O)cc2)N(C)C)c1. The van der Waals surface area contributed by atoms with E-state index in [1.165, 1.54) is 4.90 Å². The van der Waals surface area contributed by atoms with Gasteiger partial charge in [-0.05, 0) is 49.5 Å². The van der Waals surface area contributed by atoms with Gasteiger partial charge in [-0.25, -0.2) is 4.79 Å². The topological polar surface area (TPSA) is 91.0 Å². The molecule has 3 rings (SSSR count). The average Bonchev–Trinajstić information content (AvgIpc) is 3.07. The molecular weight excluding hydrogens is 416 g/mol. The maximum Gasteiger partial charge on any atom is 0.319 e. The van der Waals surface area contributed by atoms with Crippen LogP contribution in [-0.2, 0) is 11.3 Å². The molecule has 0 radical (unpaired) electrons. The minimum Gasteiger partial charge on any atom is -0.497 e. The molecule has 2 N–H and O–H groups in total. The molecule has 0 spiro atoms. The second-order valence-corrected chi connectivity index (χ2v) is 8.25. The highest BCUT2D eigenvalue weighted by atomic mass is 32.2. The summed E-state index contributed by atoms with van der Waals surface area (Å²) in [5.41, 5.74) is 2.48. The Morgan fingerprint density at radius 1 is 1.19 bits per heavy atom. The van der Waals surface area contributed by atoms with E-state index in [0.717, 1.165) is 28.6 Å². The second-order valence-electron chi connectivity index (χ2n) is 7.32. The summed E-state index contributed by atoms with van der Waals surface area (Å²) < 4.78 is 5.29. The summed E-state index contributed by atoms with van der Waals surface area (Å²) >= 11 is 1.02. The lowest BCUT2D eigenvalue weighted by Crippen LogP contribution is -2.36. The van der Waals surface area contributed by atoms with Gasteiger partial charge in [-0.1, -0.05) is 36.0 Å². The number of hydrogen-bond acceptors (Lipinski definition) is 6. The molecule has 1 unspecified atom stereocenters. The van der Waals surface area contributed by atoms with E-state index in [2.05, 4.69) is 10.6 Å². The number of urea groups is 1. The Labute approximate surface area is 185 Å². The van der Waals surface area contributed by atoms with Gasteiger partial charge in [0.05, 0.1) is 25.4 Å². The molecule has 0 aromatic heterocycles. The van der Waals surface area contributed by atoms with Crippen molar-refractivity contribution in [1.82, 2.24) is 15.1 Å². The number of thioether (sulfide) groups is 1. The van der Waals surface area contributed by atoms with Gasteiger partial charge in [0.25, 0.3) is 5.24 Å². The fourth-order valence-electron chi connectivity index (χ4n) is 3.22. The summed E-state index contributed by atoms with van der Waals surface area (Å²) in [6, 6.07) is 14.5. The van der Waals surface area contributed by atoms with Crippen LogP contribution in [0.2, 0.25) is 0 Å². The second kappa shape index (κ2) is 10.3. The van der Waals surface area contributed by atoms with Crippen LogP contribution < -0.4 is 15.4 Å². The standard InChI is InChI=1S/C22H26N4O4S/c1-25(2)19(16-5-4-6-18(11-16)30-3)12-23-21(28)24-17-9-7-15(8-10-17)13-26-20(27)14-31-22(26)29/h4-11,19H,12-14H2,1-3H3,(H2,23,24,28). The van der Waals surface area contributed by atoms with Gasteiger partial charge in [-0.3, -0.25) is 14.5 Å². The molecule has 1 aliphatic rings. The molecule has 0 saturated carbocycles. The predicted molar refractivity (Wildman–Crippen MR) is 121 cm³/mol. The van der Waals surface area contributed by atoms with E-state index in [4.69, 9.17) is 4.74 Å². The summed E-state index contributed by atoms with van der Waals surface area (Å²) in [6.07, 6.45) is 0. The number of imide groups is 1. The van der Waals surface area contributed by atoms with Gasteiger partial charge in [0, 0.05) is 12.2 Å². The Balaban J connectivity index is 1.54. The summed E-state index contributed by atoms with van der Waals surface area (Å²) in [6.45, 7) is 0.656. The highest BCUT2D eigenvalue weighted by molar-refractivity contribution is 8.14. The van der Waals surface area contributed by atoms with Crippen LogP contribution in [0, 0.1) is 0 Å². The van der Waals surface area contributed by atoms with Gasteiger partial charge in [0.15, 0.2) is 0 Å². The first-order valence-corrected chi connectivity index (χ1v) is 10.8. The van der Waals surface area contributed by atoms with Crippen molar-refractivity contribution in [3.63, 3.8) is 0 Å². The molecule has 0 bridgehead atoms. The zero-order chi connectivity index (χ0) is 22.4. The summed E-state index contributed by atoms with van der Waals surface area (Å²) in [5.74, 6) is 0.787. The number of benzene rings is 2. The maximum absolute atomic E-state index is 12.4. The smallest absolute Gasteiger partial charge is 0.319 e. The number of likely N-dealkylation sites (N-methyl/N-ethyl adjacent to an activating group) is 1. The van der Waals surface area contributed by atoms with Crippen LogP contribution >= 0.6 is 11.8 Å². The molecule has 1 saturated heterocycles. The molecule has 4 amide bonds. The fourth-order valence-corrected chi connectivity index (χ4v) is 3.95. The Hall–Kier alpha value is -3.04. The Morgan fingerprint density at radius 2 is 1.94 bits per heavy atom. The molecule has 9 heteroatoms. The van der Waals surface area contributed by atoms with Crippen LogP contribution in [0.1, 0.15) is 17.2 Å². The van der Waals surface area contributed by atoms with E-state index in [1.54, 1.807) is 31.4 Å². The molecular formula is C22H26N4O4S. The number of hydrogen-bond donors (Lipinski definition) is 2. The number of ether oxygens (including phenoxy) is 1. The van der Waals surface area contributed by atoms with E-state index in [9.17, 15) is 14.4 Å². The van der Waals surface area contributed by atoms with Crippen LogP contribution in [0.15, 0.2) is 48.5 Å². The summed E-state index contributed by atoms with van der Waals surface area (Å²) in [7, 11) is 5.54. The lowest BCUT2D eigenvalue weighted by atomic mass is 10.1. The van der Waals surface area contributed by atoms with Crippen molar-refractivity contribution in [2.45, 2.75) is 12.6 Å². The third kappa shape index (κ3) is 5.99. The Bertz CT molecular complexity index is 933. The summed E-state index contributed by atoms with van der Waals surface area (Å²) in [4.78, 5) is 39.1. The third-order valence-electron chi connectivity index (χ3n) is 4.95. The fraction of sp³-hybridized carbons (Fsp3) is 0.318. The van der Waals surface area contributed by atoms with Crippen molar-refractivity contribution < 1.29 is 19.1 Å². The van der Waals surface area contributed by atoms with Crippen molar-refractivity contribution in [3.05, 3.63) is 59.7 Å². The van der Waals surface area contributed by atoms with Crippen LogP contribution in [0.5, 0.6) is 5.75 Å². The quantitative estimate of drug-likeness (QED) is 0.652. The normalized spacial score (nSPS) is 14.6. The van der Waals surface area contributed by atoms with Crippen LogP contribution in [0.4, 0.5) is 15.3 Å². The maximum atomic E-state index is 12.4. The molecule has 164 valence electrons. The van der Waals surface area contributed by atoms with Crippen molar-refractivity contribution in [1.29, 1.82) is 0 Å². The number of carbonyl (C=O) groups excluding carboxylic acids is 3. The van der Waals surface area contributed by atoms with Gasteiger partial charge in [0.1, 0.15) is 5.75 Å². The first-order valence-electron chi connectivity index (χ1n) is 9.78. The Kier molecular flexibility index (Phi) is 7.54. The number of amides is 4.